The summed E-state index contributed by atoms with van der Waals surface area (Å²) in [6, 6.07) is 24.0. The summed E-state index contributed by atoms with van der Waals surface area (Å²) in [4.78, 5) is 1.07. The lowest BCUT2D eigenvalue weighted by atomic mass is 10.1. The zero-order chi connectivity index (χ0) is 20.1. The van der Waals surface area contributed by atoms with E-state index in [-0.39, 0.29) is 0 Å². The molecule has 0 aliphatic carbocycles. The second-order valence-electron chi connectivity index (χ2n) is 7.38. The molecule has 1 aliphatic heterocycles. The topological polar surface area (TPSA) is 36.9 Å². The van der Waals surface area contributed by atoms with Crippen LogP contribution >= 0.6 is 12.0 Å². The van der Waals surface area contributed by atoms with E-state index in [1.54, 1.807) is 0 Å². The van der Waals surface area contributed by atoms with Gasteiger partial charge in [-0.2, -0.15) is 0 Å². The zero-order valence-electron chi connectivity index (χ0n) is 16.6. The lowest BCUT2D eigenvalue weighted by molar-refractivity contribution is -0.0221. The van der Waals surface area contributed by atoms with Gasteiger partial charge in [-0.05, 0) is 43.7 Å². The minimum absolute atomic E-state index is 0.413. The molecule has 0 saturated heterocycles. The Kier molecular flexibility index (Phi) is 5.97. The smallest absolute Gasteiger partial charge is 0.165 e. The summed E-state index contributed by atoms with van der Waals surface area (Å²) in [6.45, 7) is 5.40. The zero-order valence-corrected chi connectivity index (χ0v) is 17.4. The van der Waals surface area contributed by atoms with E-state index in [4.69, 9.17) is 18.4 Å². The van der Waals surface area contributed by atoms with Crippen molar-refractivity contribution in [3.05, 3.63) is 83.9 Å². The second kappa shape index (κ2) is 8.80. The van der Waals surface area contributed by atoms with Crippen molar-refractivity contribution < 1.29 is 18.4 Å². The Morgan fingerprint density at radius 3 is 2.55 bits per heavy atom. The largest absolute Gasteiger partial charge is 0.489 e. The number of benzene rings is 3. The van der Waals surface area contributed by atoms with Gasteiger partial charge >= 0.3 is 0 Å². The van der Waals surface area contributed by atoms with Crippen LogP contribution in [-0.2, 0) is 10.8 Å². The minimum atomic E-state index is -0.545. The van der Waals surface area contributed by atoms with Gasteiger partial charge in [0.25, 0.3) is 0 Å². The van der Waals surface area contributed by atoms with E-state index in [1.165, 1.54) is 17.6 Å². The molecule has 150 valence electrons. The monoisotopic (exact) mass is 408 g/mol. The molecule has 0 radical (unpaired) electrons. The van der Waals surface area contributed by atoms with Crippen LogP contribution in [0.15, 0.2) is 77.7 Å². The van der Waals surface area contributed by atoms with Crippen molar-refractivity contribution in [1.29, 1.82) is 0 Å². The third kappa shape index (κ3) is 5.25. The van der Waals surface area contributed by atoms with Crippen LogP contribution in [0.5, 0.6) is 17.2 Å². The SMILES string of the molecule is Cc1ccc(SOCC2(C)COc3cc(OCc4ccccc4)ccc3O2)cc1. The third-order valence-corrected chi connectivity index (χ3v) is 5.29. The van der Waals surface area contributed by atoms with E-state index in [1.807, 2.05) is 67.6 Å². The molecule has 3 aromatic carbocycles. The molecule has 4 nitrogen and oxygen atoms in total. The van der Waals surface area contributed by atoms with Gasteiger partial charge in [-0.15, -0.1) is 0 Å². The number of ether oxygens (including phenoxy) is 3. The highest BCUT2D eigenvalue weighted by atomic mass is 32.2. The van der Waals surface area contributed by atoms with Gasteiger partial charge in [0, 0.05) is 23.0 Å². The Bertz CT molecular complexity index is 943. The first-order valence-electron chi connectivity index (χ1n) is 9.58. The fourth-order valence-electron chi connectivity index (χ4n) is 2.93. The van der Waals surface area contributed by atoms with Crippen LogP contribution in [0.1, 0.15) is 18.1 Å². The van der Waals surface area contributed by atoms with E-state index >= 15 is 0 Å². The number of hydrogen-bond donors (Lipinski definition) is 0. The van der Waals surface area contributed by atoms with Gasteiger partial charge in [0.05, 0.1) is 0 Å². The second-order valence-corrected chi connectivity index (χ2v) is 8.26. The number of fused-ring (bicyclic) bond motifs is 1. The van der Waals surface area contributed by atoms with Gasteiger partial charge in [-0.1, -0.05) is 48.0 Å². The van der Waals surface area contributed by atoms with E-state index in [9.17, 15) is 0 Å². The number of hydrogen-bond acceptors (Lipinski definition) is 5. The molecule has 0 fully saturated rings. The summed E-state index contributed by atoms with van der Waals surface area (Å²) >= 11 is 1.35. The highest BCUT2D eigenvalue weighted by molar-refractivity contribution is 7.94. The van der Waals surface area contributed by atoms with E-state index in [0.717, 1.165) is 16.2 Å². The van der Waals surface area contributed by atoms with Gasteiger partial charge in [0.2, 0.25) is 0 Å². The molecule has 3 aromatic rings. The minimum Gasteiger partial charge on any atom is -0.489 e. The van der Waals surface area contributed by atoms with Crippen molar-refractivity contribution in [2.24, 2.45) is 0 Å². The van der Waals surface area contributed by atoms with Crippen LogP contribution in [0.4, 0.5) is 0 Å². The molecular weight excluding hydrogens is 384 g/mol. The van der Waals surface area contributed by atoms with Gasteiger partial charge in [0.1, 0.15) is 25.6 Å². The number of aryl methyl sites for hydroxylation is 1. The summed E-state index contributed by atoms with van der Waals surface area (Å²) in [5, 5.41) is 0. The van der Waals surface area contributed by atoms with Crippen molar-refractivity contribution in [3.8, 4) is 17.2 Å². The van der Waals surface area contributed by atoms with Crippen LogP contribution in [0.25, 0.3) is 0 Å². The molecule has 1 unspecified atom stereocenters. The normalized spacial score (nSPS) is 17.7. The highest BCUT2D eigenvalue weighted by Gasteiger charge is 2.34. The highest BCUT2D eigenvalue weighted by Crippen LogP contribution is 2.38. The molecule has 0 aromatic heterocycles. The van der Waals surface area contributed by atoms with Crippen LogP contribution in [0.3, 0.4) is 0 Å². The Morgan fingerprint density at radius 1 is 0.966 bits per heavy atom. The lowest BCUT2D eigenvalue weighted by Crippen LogP contribution is -2.45. The average Bonchev–Trinajstić information content (AvgIpc) is 2.74. The fourth-order valence-corrected chi connectivity index (χ4v) is 3.62. The molecule has 1 atom stereocenters. The molecule has 5 heteroatoms. The van der Waals surface area contributed by atoms with E-state index in [2.05, 4.69) is 19.1 Å². The Hall–Kier alpha value is -2.63. The van der Waals surface area contributed by atoms with Crippen LogP contribution < -0.4 is 14.2 Å². The summed E-state index contributed by atoms with van der Waals surface area (Å²) in [5.41, 5.74) is 1.81. The number of rotatable bonds is 7. The molecule has 1 heterocycles. The van der Waals surface area contributed by atoms with Crippen molar-refractivity contribution in [3.63, 3.8) is 0 Å². The van der Waals surface area contributed by atoms with Crippen molar-refractivity contribution >= 4 is 12.0 Å². The van der Waals surface area contributed by atoms with Gasteiger partial charge in [0.15, 0.2) is 17.1 Å². The summed E-state index contributed by atoms with van der Waals surface area (Å²) in [6.07, 6.45) is 0. The van der Waals surface area contributed by atoms with Crippen molar-refractivity contribution in [2.75, 3.05) is 13.2 Å². The standard InChI is InChI=1S/C24H24O4S/c1-18-8-11-21(12-9-18)29-27-17-24(2)16-26-23-14-20(10-13-22(23)28-24)25-15-19-6-4-3-5-7-19/h3-14H,15-17H2,1-2H3. The van der Waals surface area contributed by atoms with Crippen molar-refractivity contribution in [1.82, 2.24) is 0 Å². The molecule has 0 spiro atoms. The first-order chi connectivity index (χ1) is 14.1. The van der Waals surface area contributed by atoms with Crippen LogP contribution in [0.2, 0.25) is 0 Å². The van der Waals surface area contributed by atoms with Gasteiger partial charge < -0.3 is 18.4 Å². The van der Waals surface area contributed by atoms with Crippen LogP contribution in [0, 0.1) is 6.92 Å². The summed E-state index contributed by atoms with van der Waals surface area (Å²) in [7, 11) is 0. The quantitative estimate of drug-likeness (QED) is 0.460. The van der Waals surface area contributed by atoms with Gasteiger partial charge in [-0.25, -0.2) is 0 Å². The maximum Gasteiger partial charge on any atom is 0.165 e. The average molecular weight is 409 g/mol. The summed E-state index contributed by atoms with van der Waals surface area (Å²) in [5.74, 6) is 2.15. The first-order valence-corrected chi connectivity index (χ1v) is 10.3. The maximum atomic E-state index is 6.18. The molecule has 4 rings (SSSR count). The van der Waals surface area contributed by atoms with E-state index < -0.39 is 5.60 Å². The Labute approximate surface area is 176 Å². The van der Waals surface area contributed by atoms with Crippen LogP contribution in [-0.4, -0.2) is 18.8 Å². The Morgan fingerprint density at radius 2 is 1.76 bits per heavy atom. The molecule has 0 saturated carbocycles. The fraction of sp³-hybridized carbons (Fsp3) is 0.250. The molecule has 0 bridgehead atoms. The first kappa shape index (κ1) is 19.7. The van der Waals surface area contributed by atoms with Gasteiger partial charge in [-0.3, -0.25) is 0 Å². The molecular formula is C24H24O4S. The van der Waals surface area contributed by atoms with E-state index in [0.29, 0.717) is 31.3 Å². The molecule has 1 aliphatic rings. The van der Waals surface area contributed by atoms with Crippen molar-refractivity contribution in [2.45, 2.75) is 31.0 Å². The molecule has 0 amide bonds. The Balaban J connectivity index is 1.32. The maximum absolute atomic E-state index is 6.18. The molecule has 29 heavy (non-hydrogen) atoms. The third-order valence-electron chi connectivity index (χ3n) is 4.59. The summed E-state index contributed by atoms with van der Waals surface area (Å²) < 4.78 is 23.8. The predicted octanol–water partition coefficient (Wildman–Crippen LogP) is 5.83. The molecule has 0 N–H and O–H groups in total. The predicted molar refractivity (Wildman–Crippen MR) is 115 cm³/mol. The lowest BCUT2D eigenvalue weighted by Gasteiger charge is -2.35.